The summed E-state index contributed by atoms with van der Waals surface area (Å²) >= 11 is 3.87. The van der Waals surface area contributed by atoms with Gasteiger partial charge in [-0.3, -0.25) is 4.79 Å². The van der Waals surface area contributed by atoms with Crippen LogP contribution in [0.1, 0.15) is 6.92 Å². The van der Waals surface area contributed by atoms with Crippen LogP contribution in [0.5, 0.6) is 0 Å². The first-order valence-electron chi connectivity index (χ1n) is 3.61. The van der Waals surface area contributed by atoms with Gasteiger partial charge < -0.3 is 15.4 Å². The summed E-state index contributed by atoms with van der Waals surface area (Å²) in [6.07, 6.45) is 1.68. The minimum Gasteiger partial charge on any atom is -0.540 e. The summed E-state index contributed by atoms with van der Waals surface area (Å²) in [4.78, 5) is 21.3. The number of amides is 1. The summed E-state index contributed by atoms with van der Waals surface area (Å²) in [5, 5.41) is 5.22. The molecule has 13 heavy (non-hydrogen) atoms. The van der Waals surface area contributed by atoms with E-state index in [2.05, 4.69) is 23.3 Å². The molecule has 0 fully saturated rings. The zero-order chi connectivity index (χ0) is 9.56. The third kappa shape index (κ3) is 6.60. The van der Waals surface area contributed by atoms with Crippen molar-refractivity contribution in [3.63, 3.8) is 0 Å². The second-order valence-electron chi connectivity index (χ2n) is 2.37. The fourth-order valence-corrected chi connectivity index (χ4v) is 0.706. The predicted molar refractivity (Wildman–Crippen MR) is 50.0 cm³/mol. The Morgan fingerprint density at radius 1 is 1.62 bits per heavy atom. The molecule has 0 aromatic rings. The van der Waals surface area contributed by atoms with E-state index in [9.17, 15) is 9.59 Å². The number of rotatable bonds is 5. The zero-order valence-corrected chi connectivity index (χ0v) is 11.4. The van der Waals surface area contributed by atoms with Crippen molar-refractivity contribution < 1.29 is 42.3 Å². The third-order valence-electron chi connectivity index (χ3n) is 1.47. The predicted octanol–water partition coefficient (Wildman–Crippen LogP) is -0.884. The molecule has 0 aliphatic heterocycles. The van der Waals surface area contributed by atoms with Gasteiger partial charge in [0.2, 0.25) is 5.91 Å². The van der Waals surface area contributed by atoms with Gasteiger partial charge in [0.25, 0.3) is 0 Å². The quantitative estimate of drug-likeness (QED) is 0.452. The van der Waals surface area contributed by atoms with Crippen molar-refractivity contribution in [2.24, 2.45) is 0 Å². The van der Waals surface area contributed by atoms with Crippen LogP contribution in [0.15, 0.2) is 0 Å². The van der Waals surface area contributed by atoms with Gasteiger partial charge >= 0.3 is 0 Å². The Morgan fingerprint density at radius 2 is 2.15 bits per heavy atom. The number of thiol groups is 1. The second-order valence-corrected chi connectivity index (χ2v) is 2.74. The smallest absolute Gasteiger partial charge is 0.234 e. The van der Waals surface area contributed by atoms with Gasteiger partial charge in [-0.25, -0.2) is 6.29 Å². The van der Waals surface area contributed by atoms with Crippen molar-refractivity contribution >= 4 is 24.8 Å². The van der Waals surface area contributed by atoms with Crippen LogP contribution in [-0.4, -0.2) is 37.1 Å². The summed E-state index contributed by atoms with van der Waals surface area (Å²) in [6, 6.07) is -0.919. The number of carbonyl (C=O) groups is 1. The van der Waals surface area contributed by atoms with Crippen LogP contribution < -0.4 is 10.6 Å². The van der Waals surface area contributed by atoms with E-state index < -0.39 is 6.04 Å². The van der Waals surface area contributed by atoms with Crippen molar-refractivity contribution in [3.05, 3.63) is 0 Å². The molecule has 0 saturated heterocycles. The average Bonchev–Trinajstić information content (AvgIpc) is 2.12. The molecule has 0 aliphatic carbocycles. The standard InChI is InChI=1S/C7H13N2O2S.Y/c1-5(8-2)7(11)9-6(3-10)4-12;/h5-6,8,12H,4H2,1-2H3,(H,9,11);/q-1;. The van der Waals surface area contributed by atoms with Gasteiger partial charge in [-0.05, 0) is 19.7 Å². The Hall–Kier alpha value is 0.554. The molecular formula is C7H13N2O2SY-. The number of hydrogen-bond donors (Lipinski definition) is 3. The Morgan fingerprint density at radius 3 is 2.46 bits per heavy atom. The maximum atomic E-state index is 11.1. The maximum Gasteiger partial charge on any atom is 0.234 e. The normalized spacial score (nSPS) is 13.8. The maximum absolute atomic E-state index is 11.1. The Bertz CT molecular complexity index is 169. The molecule has 0 bridgehead atoms. The van der Waals surface area contributed by atoms with Crippen LogP contribution in [0.2, 0.25) is 0 Å². The number of carbonyl (C=O) groups excluding carboxylic acids is 2. The van der Waals surface area contributed by atoms with Crippen LogP contribution >= 0.6 is 12.6 Å². The summed E-state index contributed by atoms with van der Waals surface area (Å²) in [5.74, 6) is 0.0472. The van der Waals surface area contributed by atoms with E-state index >= 15 is 0 Å². The Kier molecular flexibility index (Phi) is 11.2. The van der Waals surface area contributed by atoms with Crippen molar-refractivity contribution in [2.75, 3.05) is 12.8 Å². The van der Waals surface area contributed by atoms with E-state index in [4.69, 9.17) is 0 Å². The van der Waals surface area contributed by atoms with Gasteiger partial charge in [0, 0.05) is 32.7 Å². The minimum atomic E-state index is -0.614. The second kappa shape index (κ2) is 9.12. The molecule has 0 aromatic heterocycles. The van der Waals surface area contributed by atoms with E-state index in [1.165, 1.54) is 0 Å². The van der Waals surface area contributed by atoms with E-state index in [0.717, 1.165) is 0 Å². The van der Waals surface area contributed by atoms with Gasteiger partial charge in [0.15, 0.2) is 0 Å². The van der Waals surface area contributed by atoms with Crippen molar-refractivity contribution in [2.45, 2.75) is 19.0 Å². The van der Waals surface area contributed by atoms with Gasteiger partial charge in [-0.15, -0.1) is 0 Å². The molecule has 4 nitrogen and oxygen atoms in total. The van der Waals surface area contributed by atoms with E-state index in [1.807, 2.05) is 0 Å². The summed E-state index contributed by atoms with van der Waals surface area (Å²) in [6.45, 7) is 1.70. The molecule has 73 valence electrons. The fourth-order valence-electron chi connectivity index (χ4n) is 0.540. The van der Waals surface area contributed by atoms with Crippen molar-refractivity contribution in [1.29, 1.82) is 0 Å². The SMILES string of the molecule is CNC(C)C(=O)NC([C-]=O)CS.[Y]. The molecule has 0 aliphatic rings. The van der Waals surface area contributed by atoms with E-state index in [0.29, 0.717) is 0 Å². The van der Waals surface area contributed by atoms with Gasteiger partial charge in [0.05, 0.1) is 6.04 Å². The average molecular weight is 278 g/mol. The topological polar surface area (TPSA) is 58.2 Å². The Balaban J connectivity index is 0. The number of nitrogens with one attached hydrogen (secondary N) is 2. The van der Waals surface area contributed by atoms with E-state index in [1.54, 1.807) is 20.3 Å². The van der Waals surface area contributed by atoms with Crippen molar-refractivity contribution in [3.8, 4) is 0 Å². The monoisotopic (exact) mass is 278 g/mol. The first-order chi connectivity index (χ1) is 5.65. The fraction of sp³-hybridized carbons (Fsp3) is 0.714. The molecule has 2 N–H and O–H groups in total. The number of likely N-dealkylation sites (N-methyl/N-ethyl adjacent to an activating group) is 1. The zero-order valence-electron chi connectivity index (χ0n) is 7.70. The largest absolute Gasteiger partial charge is 0.540 e. The molecule has 0 heterocycles. The molecule has 0 aromatic carbocycles. The molecule has 1 radical (unpaired) electrons. The van der Waals surface area contributed by atoms with Crippen molar-refractivity contribution in [1.82, 2.24) is 10.6 Å². The van der Waals surface area contributed by atoms with Crippen LogP contribution in [0.3, 0.4) is 0 Å². The van der Waals surface area contributed by atoms with Crippen LogP contribution in [-0.2, 0) is 42.3 Å². The molecule has 6 heteroatoms. The molecular weight excluding hydrogens is 265 g/mol. The molecule has 0 saturated carbocycles. The van der Waals surface area contributed by atoms with Gasteiger partial charge in [-0.1, -0.05) is 6.04 Å². The summed E-state index contributed by atoms with van der Waals surface area (Å²) in [5.41, 5.74) is 0. The first-order valence-corrected chi connectivity index (χ1v) is 4.25. The van der Waals surface area contributed by atoms with E-state index in [-0.39, 0.29) is 50.4 Å². The minimum absolute atomic E-state index is 0. The van der Waals surface area contributed by atoms with Crippen LogP contribution in [0.25, 0.3) is 0 Å². The third-order valence-corrected chi connectivity index (χ3v) is 1.83. The summed E-state index contributed by atoms with van der Waals surface area (Å²) in [7, 11) is 1.67. The van der Waals surface area contributed by atoms with Gasteiger partial charge in [0.1, 0.15) is 0 Å². The van der Waals surface area contributed by atoms with Gasteiger partial charge in [-0.2, -0.15) is 12.6 Å². The van der Waals surface area contributed by atoms with Crippen LogP contribution in [0, 0.1) is 0 Å². The molecule has 2 atom stereocenters. The van der Waals surface area contributed by atoms with Crippen LogP contribution in [0.4, 0.5) is 0 Å². The molecule has 2 unspecified atom stereocenters. The first kappa shape index (κ1) is 16.0. The Labute approximate surface area is 109 Å². The molecule has 0 spiro atoms. The number of hydrogen-bond acceptors (Lipinski definition) is 4. The molecule has 1 amide bonds. The molecule has 0 rings (SSSR count). The summed E-state index contributed by atoms with van der Waals surface area (Å²) < 4.78 is 0.